The summed E-state index contributed by atoms with van der Waals surface area (Å²) < 4.78 is 28.0. The van der Waals surface area contributed by atoms with Crippen LogP contribution in [0.2, 0.25) is 4.34 Å². The van der Waals surface area contributed by atoms with Crippen LogP contribution in [0.1, 0.15) is 12.8 Å². The van der Waals surface area contributed by atoms with E-state index in [-0.39, 0.29) is 10.1 Å². The van der Waals surface area contributed by atoms with Crippen LogP contribution in [-0.4, -0.2) is 41.2 Å². The fourth-order valence-electron chi connectivity index (χ4n) is 3.94. The van der Waals surface area contributed by atoms with Crippen LogP contribution in [0, 0.1) is 0 Å². The van der Waals surface area contributed by atoms with Gasteiger partial charge in [0, 0.05) is 12.1 Å². The zero-order valence-corrected chi connectivity index (χ0v) is 19.2. The molecule has 0 spiro atoms. The molecule has 1 amide bonds. The van der Waals surface area contributed by atoms with Gasteiger partial charge >= 0.3 is 0 Å². The highest BCUT2D eigenvalue weighted by Crippen LogP contribution is 2.33. The van der Waals surface area contributed by atoms with Gasteiger partial charge < -0.3 is 10.3 Å². The Morgan fingerprint density at radius 3 is 2.69 bits per heavy atom. The molecule has 0 saturated carbocycles. The van der Waals surface area contributed by atoms with Crippen molar-refractivity contribution in [2.24, 2.45) is 0 Å². The van der Waals surface area contributed by atoms with Crippen LogP contribution < -0.4 is 5.32 Å². The number of hydrogen-bond acceptors (Lipinski definition) is 5. The third-order valence-electron chi connectivity index (χ3n) is 5.45. The molecule has 2 aromatic heterocycles. The Labute approximate surface area is 194 Å². The number of sulfonamides is 1. The summed E-state index contributed by atoms with van der Waals surface area (Å²) in [7, 11) is -3.80. The number of anilines is 1. The lowest BCUT2D eigenvalue weighted by molar-refractivity contribution is -0.119. The average molecular weight is 487 g/mol. The van der Waals surface area contributed by atoms with Gasteiger partial charge in [-0.2, -0.15) is 4.31 Å². The number of nitrogens with one attached hydrogen (secondary N) is 2. The van der Waals surface area contributed by atoms with E-state index >= 15 is 0 Å². The van der Waals surface area contributed by atoms with Crippen molar-refractivity contribution < 1.29 is 13.2 Å². The summed E-state index contributed by atoms with van der Waals surface area (Å²) in [6.45, 7) is 0.293. The minimum absolute atomic E-state index is 0.143. The number of halogens is 1. The molecular weight excluding hydrogens is 468 g/mol. The van der Waals surface area contributed by atoms with Crippen LogP contribution in [0.15, 0.2) is 64.9 Å². The number of H-pyrrole nitrogens is 1. The van der Waals surface area contributed by atoms with Gasteiger partial charge in [0.1, 0.15) is 16.1 Å². The molecule has 1 aliphatic rings. The van der Waals surface area contributed by atoms with Gasteiger partial charge in [-0.15, -0.1) is 11.3 Å². The zero-order chi connectivity index (χ0) is 22.3. The molecule has 2 N–H and O–H groups in total. The summed E-state index contributed by atoms with van der Waals surface area (Å²) in [6.07, 6.45) is 1.07. The van der Waals surface area contributed by atoms with Crippen LogP contribution in [0.25, 0.3) is 22.4 Å². The minimum atomic E-state index is -3.80. The lowest BCUT2D eigenvalue weighted by atomic mass is 10.1. The highest BCUT2D eigenvalue weighted by atomic mass is 35.5. The maximum Gasteiger partial charge on any atom is 0.253 e. The van der Waals surface area contributed by atoms with Gasteiger partial charge in [-0.3, -0.25) is 4.79 Å². The van der Waals surface area contributed by atoms with Crippen molar-refractivity contribution in [3.63, 3.8) is 0 Å². The summed E-state index contributed by atoms with van der Waals surface area (Å²) in [5.74, 6) is 0.267. The number of para-hydroxylation sites is 3. The standard InChI is InChI=1S/C22H19ClN4O3S2/c23-19-11-12-20(31-19)32(29,30)27-13-5-10-18(27)22(28)26-15-7-2-1-6-14(15)21-24-16-8-3-4-9-17(16)25-21/h1-4,6-9,11-12,18H,5,10,13H2,(H,24,25)(H,26,28). The molecule has 3 heterocycles. The predicted molar refractivity (Wildman–Crippen MR) is 126 cm³/mol. The molecule has 1 unspecified atom stereocenters. The number of fused-ring (bicyclic) bond motifs is 1. The Bertz CT molecular complexity index is 1380. The van der Waals surface area contributed by atoms with E-state index in [1.807, 2.05) is 42.5 Å². The Morgan fingerprint density at radius 2 is 1.91 bits per heavy atom. The molecule has 0 bridgehead atoms. The summed E-state index contributed by atoms with van der Waals surface area (Å²) in [4.78, 5) is 21.1. The SMILES string of the molecule is O=C(Nc1ccccc1-c1nc2ccccc2[nH]1)C1CCCN1S(=O)(=O)c1ccc(Cl)s1. The molecular formula is C22H19ClN4O3S2. The van der Waals surface area contributed by atoms with E-state index in [4.69, 9.17) is 11.6 Å². The maximum absolute atomic E-state index is 13.2. The lowest BCUT2D eigenvalue weighted by Gasteiger charge is -2.23. The predicted octanol–water partition coefficient (Wildman–Crippen LogP) is 4.74. The molecule has 32 heavy (non-hydrogen) atoms. The molecule has 0 radical (unpaired) electrons. The van der Waals surface area contributed by atoms with Crippen molar-refractivity contribution in [2.45, 2.75) is 23.1 Å². The molecule has 164 valence electrons. The third kappa shape index (κ3) is 3.81. The fraction of sp³-hybridized carbons (Fsp3) is 0.182. The van der Waals surface area contributed by atoms with Gasteiger partial charge in [-0.1, -0.05) is 35.9 Å². The monoisotopic (exact) mass is 486 g/mol. The third-order valence-corrected chi connectivity index (χ3v) is 9.05. The Balaban J connectivity index is 1.43. The number of thiophene rings is 1. The van der Waals surface area contributed by atoms with Gasteiger partial charge in [0.05, 0.1) is 21.1 Å². The van der Waals surface area contributed by atoms with Gasteiger partial charge in [-0.25, -0.2) is 13.4 Å². The van der Waals surface area contributed by atoms with E-state index in [1.54, 1.807) is 12.1 Å². The number of amides is 1. The molecule has 1 fully saturated rings. The average Bonchev–Trinajstić information content (AvgIpc) is 3.53. The van der Waals surface area contributed by atoms with Crippen LogP contribution in [0.4, 0.5) is 5.69 Å². The number of carbonyl (C=O) groups excluding carboxylic acids is 1. The number of benzene rings is 2. The van der Waals surface area contributed by atoms with E-state index in [1.165, 1.54) is 10.4 Å². The van der Waals surface area contributed by atoms with Crippen LogP contribution in [0.3, 0.4) is 0 Å². The molecule has 7 nitrogen and oxygen atoms in total. The lowest BCUT2D eigenvalue weighted by Crippen LogP contribution is -2.42. The van der Waals surface area contributed by atoms with Crippen molar-refractivity contribution in [3.8, 4) is 11.4 Å². The number of aromatic nitrogens is 2. The summed E-state index contributed by atoms with van der Waals surface area (Å²) in [6, 6.07) is 17.3. The van der Waals surface area contributed by atoms with Crippen LogP contribution in [-0.2, 0) is 14.8 Å². The van der Waals surface area contributed by atoms with E-state index in [0.717, 1.165) is 27.9 Å². The highest BCUT2D eigenvalue weighted by molar-refractivity contribution is 7.91. The van der Waals surface area contributed by atoms with Crippen molar-refractivity contribution in [1.29, 1.82) is 0 Å². The van der Waals surface area contributed by atoms with E-state index < -0.39 is 16.1 Å². The first-order valence-corrected chi connectivity index (χ1v) is 12.7. The smallest absolute Gasteiger partial charge is 0.253 e. The first-order chi connectivity index (χ1) is 15.4. The second-order valence-corrected chi connectivity index (χ2v) is 11.3. The molecule has 4 aromatic rings. The largest absolute Gasteiger partial charge is 0.338 e. The van der Waals surface area contributed by atoms with Crippen molar-refractivity contribution in [2.75, 3.05) is 11.9 Å². The van der Waals surface area contributed by atoms with Crippen molar-refractivity contribution in [3.05, 3.63) is 65.0 Å². The molecule has 5 rings (SSSR count). The van der Waals surface area contributed by atoms with Gasteiger partial charge in [-0.05, 0) is 49.2 Å². The number of aromatic amines is 1. The maximum atomic E-state index is 13.2. The Morgan fingerprint density at radius 1 is 1.12 bits per heavy atom. The second kappa shape index (κ2) is 8.32. The Hall–Kier alpha value is -2.72. The number of hydrogen-bond donors (Lipinski definition) is 2. The minimum Gasteiger partial charge on any atom is -0.338 e. The van der Waals surface area contributed by atoms with Gasteiger partial charge in [0.2, 0.25) is 5.91 Å². The zero-order valence-electron chi connectivity index (χ0n) is 16.8. The second-order valence-electron chi connectivity index (χ2n) is 7.47. The number of carbonyl (C=O) groups is 1. The summed E-state index contributed by atoms with van der Waals surface area (Å²) >= 11 is 6.92. The summed E-state index contributed by atoms with van der Waals surface area (Å²) in [5.41, 5.74) is 3.02. The fourth-order valence-corrected chi connectivity index (χ4v) is 7.21. The molecule has 2 aromatic carbocycles. The number of nitrogens with zero attached hydrogens (tertiary/aromatic N) is 2. The van der Waals surface area contributed by atoms with Gasteiger partial charge in [0.15, 0.2) is 0 Å². The molecule has 1 aliphatic heterocycles. The Kier molecular flexibility index (Phi) is 5.50. The molecule has 0 aliphatic carbocycles. The van der Waals surface area contributed by atoms with Gasteiger partial charge in [0.25, 0.3) is 10.0 Å². The first kappa shape index (κ1) is 21.1. The van der Waals surface area contributed by atoms with E-state index in [9.17, 15) is 13.2 Å². The van der Waals surface area contributed by atoms with Crippen molar-refractivity contribution in [1.82, 2.24) is 14.3 Å². The highest BCUT2D eigenvalue weighted by Gasteiger charge is 2.40. The first-order valence-electron chi connectivity index (χ1n) is 10.1. The van der Waals surface area contributed by atoms with Crippen molar-refractivity contribution >= 4 is 55.6 Å². The number of rotatable bonds is 5. The summed E-state index contributed by atoms with van der Waals surface area (Å²) in [5, 5.41) is 2.93. The molecule has 1 saturated heterocycles. The van der Waals surface area contributed by atoms with E-state index in [0.29, 0.717) is 35.2 Å². The topological polar surface area (TPSA) is 95.2 Å². The molecule has 1 atom stereocenters. The van der Waals surface area contributed by atoms with Crippen LogP contribution in [0.5, 0.6) is 0 Å². The number of imidazole rings is 1. The van der Waals surface area contributed by atoms with E-state index in [2.05, 4.69) is 15.3 Å². The normalized spacial score (nSPS) is 17.1. The van der Waals surface area contributed by atoms with Crippen LogP contribution >= 0.6 is 22.9 Å². The quantitative estimate of drug-likeness (QED) is 0.426. The molecule has 10 heteroatoms.